The highest BCUT2D eigenvalue weighted by Gasteiger charge is 2.25. The molecule has 0 spiro atoms. The monoisotopic (exact) mass is 278 g/mol. The molecule has 1 aromatic heterocycles. The number of likely N-dealkylation sites (tertiary alicyclic amines) is 1. The largest absolute Gasteiger partial charge is 0.379 e. The second-order valence-corrected chi connectivity index (χ2v) is 5.47. The SMILES string of the molecule is O=C1CCOCCN1CCN1CCC(n2cccn2)C1. The third kappa shape index (κ3) is 3.19. The van der Waals surface area contributed by atoms with Crippen molar-refractivity contribution in [2.75, 3.05) is 45.9 Å². The zero-order valence-corrected chi connectivity index (χ0v) is 11.8. The van der Waals surface area contributed by atoms with Gasteiger partial charge in [0.2, 0.25) is 5.91 Å². The lowest BCUT2D eigenvalue weighted by Crippen LogP contribution is -2.38. The van der Waals surface area contributed by atoms with Gasteiger partial charge in [-0.05, 0) is 12.5 Å². The maximum Gasteiger partial charge on any atom is 0.225 e. The van der Waals surface area contributed by atoms with Crippen molar-refractivity contribution in [3.05, 3.63) is 18.5 Å². The molecule has 2 aliphatic heterocycles. The zero-order valence-electron chi connectivity index (χ0n) is 11.8. The summed E-state index contributed by atoms with van der Waals surface area (Å²) < 4.78 is 7.39. The number of hydrogen-bond acceptors (Lipinski definition) is 4. The predicted molar refractivity (Wildman–Crippen MR) is 74.3 cm³/mol. The summed E-state index contributed by atoms with van der Waals surface area (Å²) >= 11 is 0. The minimum Gasteiger partial charge on any atom is -0.379 e. The number of amides is 1. The maximum atomic E-state index is 11.9. The van der Waals surface area contributed by atoms with E-state index in [2.05, 4.69) is 10.00 Å². The highest BCUT2D eigenvalue weighted by Crippen LogP contribution is 2.20. The van der Waals surface area contributed by atoms with Crippen molar-refractivity contribution in [2.24, 2.45) is 0 Å². The summed E-state index contributed by atoms with van der Waals surface area (Å²) in [6, 6.07) is 2.45. The number of aromatic nitrogens is 2. The molecule has 3 heterocycles. The Morgan fingerprint density at radius 2 is 2.25 bits per heavy atom. The second-order valence-electron chi connectivity index (χ2n) is 5.47. The first-order chi connectivity index (χ1) is 9.83. The second kappa shape index (κ2) is 6.37. The van der Waals surface area contributed by atoms with Gasteiger partial charge in [-0.25, -0.2) is 0 Å². The molecule has 0 bridgehead atoms. The molecule has 1 amide bonds. The number of hydrogen-bond donors (Lipinski definition) is 0. The van der Waals surface area contributed by atoms with Crippen LogP contribution >= 0.6 is 0 Å². The highest BCUT2D eigenvalue weighted by atomic mass is 16.5. The first-order valence-corrected chi connectivity index (χ1v) is 7.40. The Morgan fingerprint density at radius 3 is 3.10 bits per heavy atom. The third-order valence-corrected chi connectivity index (χ3v) is 4.15. The summed E-state index contributed by atoms with van der Waals surface area (Å²) in [5.41, 5.74) is 0. The van der Waals surface area contributed by atoms with Crippen LogP contribution in [0.25, 0.3) is 0 Å². The minimum absolute atomic E-state index is 0.227. The molecule has 2 aliphatic rings. The van der Waals surface area contributed by atoms with Gasteiger partial charge < -0.3 is 9.64 Å². The Morgan fingerprint density at radius 1 is 1.30 bits per heavy atom. The van der Waals surface area contributed by atoms with Crippen molar-refractivity contribution in [1.82, 2.24) is 19.6 Å². The number of rotatable bonds is 4. The molecule has 1 aromatic rings. The van der Waals surface area contributed by atoms with E-state index in [0.29, 0.717) is 25.7 Å². The van der Waals surface area contributed by atoms with Gasteiger partial charge in [0, 0.05) is 45.1 Å². The Labute approximate surface area is 119 Å². The van der Waals surface area contributed by atoms with Gasteiger partial charge in [-0.2, -0.15) is 5.10 Å². The van der Waals surface area contributed by atoms with Gasteiger partial charge in [0.1, 0.15) is 0 Å². The van der Waals surface area contributed by atoms with E-state index in [4.69, 9.17) is 4.74 Å². The average Bonchev–Trinajstić information content (AvgIpc) is 3.08. The lowest BCUT2D eigenvalue weighted by molar-refractivity contribution is -0.130. The van der Waals surface area contributed by atoms with E-state index in [0.717, 1.165) is 39.1 Å². The fourth-order valence-electron chi connectivity index (χ4n) is 2.95. The van der Waals surface area contributed by atoms with Crippen LogP contribution in [0.5, 0.6) is 0 Å². The summed E-state index contributed by atoms with van der Waals surface area (Å²) in [7, 11) is 0. The molecule has 2 saturated heterocycles. The smallest absolute Gasteiger partial charge is 0.225 e. The van der Waals surface area contributed by atoms with Crippen LogP contribution in [0.15, 0.2) is 18.5 Å². The molecule has 20 heavy (non-hydrogen) atoms. The number of carbonyl (C=O) groups excluding carboxylic acids is 1. The van der Waals surface area contributed by atoms with E-state index in [1.54, 1.807) is 0 Å². The summed E-state index contributed by atoms with van der Waals surface area (Å²) in [5, 5.41) is 4.32. The van der Waals surface area contributed by atoms with Crippen molar-refractivity contribution in [3.8, 4) is 0 Å². The number of nitrogens with zero attached hydrogens (tertiary/aromatic N) is 4. The van der Waals surface area contributed by atoms with Crippen molar-refractivity contribution in [2.45, 2.75) is 18.9 Å². The summed E-state index contributed by atoms with van der Waals surface area (Å²) in [5.74, 6) is 0.227. The first-order valence-electron chi connectivity index (χ1n) is 7.40. The Kier molecular flexibility index (Phi) is 4.32. The van der Waals surface area contributed by atoms with E-state index < -0.39 is 0 Å². The van der Waals surface area contributed by atoms with Gasteiger partial charge in [-0.15, -0.1) is 0 Å². The van der Waals surface area contributed by atoms with Crippen LogP contribution in [-0.2, 0) is 9.53 Å². The standard InChI is InChI=1S/C14H22N4O2/c19-14-3-10-20-11-9-17(14)8-7-16-6-2-13(12-16)18-5-1-4-15-18/h1,4-5,13H,2-3,6-12H2. The number of ether oxygens (including phenoxy) is 1. The van der Waals surface area contributed by atoms with Gasteiger partial charge in [0.15, 0.2) is 0 Å². The van der Waals surface area contributed by atoms with Gasteiger partial charge in [-0.3, -0.25) is 14.4 Å². The summed E-state index contributed by atoms with van der Waals surface area (Å²) in [6.07, 6.45) is 5.52. The van der Waals surface area contributed by atoms with E-state index in [1.807, 2.05) is 28.0 Å². The molecule has 0 aromatic carbocycles. The molecule has 0 saturated carbocycles. The normalized spacial score (nSPS) is 25.1. The molecule has 1 atom stereocenters. The van der Waals surface area contributed by atoms with E-state index in [1.165, 1.54) is 0 Å². The first kappa shape index (κ1) is 13.6. The molecule has 0 N–H and O–H groups in total. The molecule has 3 rings (SSSR count). The van der Waals surface area contributed by atoms with Crippen LogP contribution in [0.2, 0.25) is 0 Å². The molecule has 2 fully saturated rings. The highest BCUT2D eigenvalue weighted by molar-refractivity contribution is 5.76. The van der Waals surface area contributed by atoms with Crippen LogP contribution in [0.4, 0.5) is 0 Å². The fraction of sp³-hybridized carbons (Fsp3) is 0.714. The molecule has 0 aliphatic carbocycles. The molecule has 0 radical (unpaired) electrons. The van der Waals surface area contributed by atoms with Crippen LogP contribution in [0.3, 0.4) is 0 Å². The van der Waals surface area contributed by atoms with Gasteiger partial charge in [-0.1, -0.05) is 0 Å². The van der Waals surface area contributed by atoms with Gasteiger partial charge in [0.05, 0.1) is 25.7 Å². The van der Waals surface area contributed by atoms with E-state index in [-0.39, 0.29) is 5.91 Å². The third-order valence-electron chi connectivity index (χ3n) is 4.15. The quantitative estimate of drug-likeness (QED) is 0.799. The lowest BCUT2D eigenvalue weighted by Gasteiger charge is -2.23. The van der Waals surface area contributed by atoms with Crippen molar-refractivity contribution >= 4 is 5.91 Å². The average molecular weight is 278 g/mol. The van der Waals surface area contributed by atoms with Gasteiger partial charge >= 0.3 is 0 Å². The summed E-state index contributed by atoms with van der Waals surface area (Å²) in [4.78, 5) is 16.2. The predicted octanol–water partition coefficient (Wildman–Crippen LogP) is 0.379. The summed E-state index contributed by atoms with van der Waals surface area (Å²) in [6.45, 7) is 5.85. The van der Waals surface area contributed by atoms with E-state index >= 15 is 0 Å². The van der Waals surface area contributed by atoms with Crippen LogP contribution in [-0.4, -0.2) is 71.4 Å². The maximum absolute atomic E-state index is 11.9. The van der Waals surface area contributed by atoms with Crippen molar-refractivity contribution in [3.63, 3.8) is 0 Å². The lowest BCUT2D eigenvalue weighted by atomic mass is 10.3. The topological polar surface area (TPSA) is 50.6 Å². The van der Waals surface area contributed by atoms with Crippen molar-refractivity contribution in [1.29, 1.82) is 0 Å². The van der Waals surface area contributed by atoms with E-state index in [9.17, 15) is 4.79 Å². The Hall–Kier alpha value is -1.40. The Bertz CT molecular complexity index is 434. The van der Waals surface area contributed by atoms with Crippen LogP contribution in [0.1, 0.15) is 18.9 Å². The molecule has 110 valence electrons. The fourth-order valence-corrected chi connectivity index (χ4v) is 2.95. The zero-order chi connectivity index (χ0) is 13.8. The molecule has 6 heteroatoms. The van der Waals surface area contributed by atoms with Crippen molar-refractivity contribution < 1.29 is 9.53 Å². The molecule has 1 unspecified atom stereocenters. The molecule has 6 nitrogen and oxygen atoms in total. The minimum atomic E-state index is 0.227. The van der Waals surface area contributed by atoms with Crippen LogP contribution < -0.4 is 0 Å². The molecular weight excluding hydrogens is 256 g/mol. The number of carbonyl (C=O) groups is 1. The Balaban J connectivity index is 1.46. The molecular formula is C14H22N4O2. The van der Waals surface area contributed by atoms with Crippen LogP contribution in [0, 0.1) is 0 Å². The van der Waals surface area contributed by atoms with Gasteiger partial charge in [0.25, 0.3) is 0 Å².